The summed E-state index contributed by atoms with van der Waals surface area (Å²) in [4.78, 5) is 0. The monoisotopic (exact) mass is 196 g/mol. The van der Waals surface area contributed by atoms with E-state index in [9.17, 15) is 9.50 Å². The first-order chi connectivity index (χ1) is 6.76. The molecule has 2 nitrogen and oxygen atoms in total. The fraction of sp³-hybridized carbons (Fsp3) is 0.455. The molecule has 0 saturated carbocycles. The number of rotatable bonds is 3. The number of hydrogen-bond acceptors (Lipinski definition) is 2. The normalized spacial score (nSPS) is 19.0. The zero-order valence-corrected chi connectivity index (χ0v) is 7.87. The van der Waals surface area contributed by atoms with Crippen molar-refractivity contribution < 1.29 is 14.2 Å². The molecule has 1 aromatic rings. The zero-order valence-electron chi connectivity index (χ0n) is 7.87. The molecule has 1 aliphatic rings. The summed E-state index contributed by atoms with van der Waals surface area (Å²) in [5, 5.41) is 9.19. The van der Waals surface area contributed by atoms with Gasteiger partial charge in [0.1, 0.15) is 5.82 Å². The lowest BCUT2D eigenvalue weighted by Gasteiger charge is -2.40. The molecule has 0 atom stereocenters. The van der Waals surface area contributed by atoms with Crippen LogP contribution >= 0.6 is 0 Å². The number of ether oxygens (including phenoxy) is 1. The Balaban J connectivity index is 2.13. The molecule has 1 aliphatic heterocycles. The Hall–Kier alpha value is -0.930. The standard InChI is InChI=1S/C11H13FO2/c12-10-4-2-1-3-9(10)5-11(6-13)7-14-8-11/h1-4,13H,5-8H2. The number of benzene rings is 1. The summed E-state index contributed by atoms with van der Waals surface area (Å²) < 4.78 is 18.4. The Morgan fingerprint density at radius 2 is 2.07 bits per heavy atom. The van der Waals surface area contributed by atoms with Crippen molar-refractivity contribution in [3.05, 3.63) is 35.6 Å². The lowest BCUT2D eigenvalue weighted by atomic mass is 9.80. The summed E-state index contributed by atoms with van der Waals surface area (Å²) in [7, 11) is 0. The quantitative estimate of drug-likeness (QED) is 0.791. The third-order valence-electron chi connectivity index (χ3n) is 2.68. The molecule has 1 fully saturated rings. The van der Waals surface area contributed by atoms with E-state index in [4.69, 9.17) is 4.74 Å². The molecule has 3 heteroatoms. The van der Waals surface area contributed by atoms with Crippen LogP contribution in [0.1, 0.15) is 5.56 Å². The molecular weight excluding hydrogens is 183 g/mol. The average Bonchev–Trinajstić information content (AvgIpc) is 2.14. The van der Waals surface area contributed by atoms with E-state index in [1.807, 2.05) is 6.07 Å². The second-order valence-corrected chi connectivity index (χ2v) is 3.92. The molecule has 14 heavy (non-hydrogen) atoms. The molecule has 0 unspecified atom stereocenters. The molecule has 2 rings (SSSR count). The van der Waals surface area contributed by atoms with E-state index in [0.29, 0.717) is 25.2 Å². The van der Waals surface area contributed by atoms with Crippen LogP contribution in [0.15, 0.2) is 24.3 Å². The van der Waals surface area contributed by atoms with Crippen molar-refractivity contribution in [2.45, 2.75) is 6.42 Å². The van der Waals surface area contributed by atoms with E-state index < -0.39 is 0 Å². The van der Waals surface area contributed by atoms with Gasteiger partial charge < -0.3 is 9.84 Å². The number of aliphatic hydroxyl groups is 1. The largest absolute Gasteiger partial charge is 0.396 e. The van der Waals surface area contributed by atoms with Crippen LogP contribution in [-0.2, 0) is 11.2 Å². The molecule has 1 aromatic carbocycles. The lowest BCUT2D eigenvalue weighted by Crippen LogP contribution is -2.47. The molecular formula is C11H13FO2. The summed E-state index contributed by atoms with van der Waals surface area (Å²) in [5.41, 5.74) is 0.409. The highest BCUT2D eigenvalue weighted by Gasteiger charge is 2.38. The maximum Gasteiger partial charge on any atom is 0.126 e. The molecule has 0 aliphatic carbocycles. The molecule has 0 amide bonds. The van der Waals surface area contributed by atoms with Crippen LogP contribution < -0.4 is 0 Å². The first-order valence-corrected chi connectivity index (χ1v) is 4.68. The van der Waals surface area contributed by atoms with Crippen molar-refractivity contribution in [1.82, 2.24) is 0 Å². The van der Waals surface area contributed by atoms with Gasteiger partial charge in [0.15, 0.2) is 0 Å². The Kier molecular flexibility index (Phi) is 2.52. The van der Waals surface area contributed by atoms with Gasteiger partial charge in [0.2, 0.25) is 0 Å². The topological polar surface area (TPSA) is 29.5 Å². The van der Waals surface area contributed by atoms with Crippen molar-refractivity contribution >= 4 is 0 Å². The fourth-order valence-electron chi connectivity index (χ4n) is 1.69. The smallest absolute Gasteiger partial charge is 0.126 e. The minimum Gasteiger partial charge on any atom is -0.396 e. The summed E-state index contributed by atoms with van der Waals surface area (Å²) in [6, 6.07) is 6.68. The van der Waals surface area contributed by atoms with Crippen molar-refractivity contribution in [3.8, 4) is 0 Å². The first-order valence-electron chi connectivity index (χ1n) is 4.68. The summed E-state index contributed by atoms with van der Waals surface area (Å²) in [5.74, 6) is -0.202. The minimum atomic E-state index is -0.248. The van der Waals surface area contributed by atoms with E-state index in [0.717, 1.165) is 0 Å². The van der Waals surface area contributed by atoms with Gasteiger partial charge in [-0.3, -0.25) is 0 Å². The fourth-order valence-corrected chi connectivity index (χ4v) is 1.69. The van der Waals surface area contributed by atoms with Crippen molar-refractivity contribution in [3.63, 3.8) is 0 Å². The molecule has 76 valence electrons. The van der Waals surface area contributed by atoms with Crippen LogP contribution in [0.4, 0.5) is 4.39 Å². The van der Waals surface area contributed by atoms with E-state index >= 15 is 0 Å². The van der Waals surface area contributed by atoms with Gasteiger partial charge in [0, 0.05) is 5.41 Å². The van der Waals surface area contributed by atoms with Gasteiger partial charge in [-0.25, -0.2) is 4.39 Å². The molecule has 0 aromatic heterocycles. The van der Waals surface area contributed by atoms with E-state index in [1.165, 1.54) is 6.07 Å². The number of halogens is 1. The Morgan fingerprint density at radius 3 is 2.57 bits per heavy atom. The van der Waals surface area contributed by atoms with Crippen LogP contribution in [0.3, 0.4) is 0 Å². The third-order valence-corrected chi connectivity index (χ3v) is 2.68. The second kappa shape index (κ2) is 3.67. The predicted octanol–water partition coefficient (Wildman–Crippen LogP) is 1.38. The molecule has 0 radical (unpaired) electrons. The second-order valence-electron chi connectivity index (χ2n) is 3.92. The lowest BCUT2D eigenvalue weighted by molar-refractivity contribution is -0.136. The molecule has 1 heterocycles. The highest BCUT2D eigenvalue weighted by Crippen LogP contribution is 2.31. The SMILES string of the molecule is OCC1(Cc2ccccc2F)COC1. The van der Waals surface area contributed by atoms with Gasteiger partial charge in [-0.05, 0) is 18.1 Å². The van der Waals surface area contributed by atoms with Crippen LogP contribution in [0.5, 0.6) is 0 Å². The van der Waals surface area contributed by atoms with Crippen LogP contribution in [0.25, 0.3) is 0 Å². The highest BCUT2D eigenvalue weighted by atomic mass is 19.1. The highest BCUT2D eigenvalue weighted by molar-refractivity contribution is 5.19. The predicted molar refractivity (Wildman–Crippen MR) is 50.4 cm³/mol. The van der Waals surface area contributed by atoms with Gasteiger partial charge in [-0.1, -0.05) is 18.2 Å². The van der Waals surface area contributed by atoms with Crippen molar-refractivity contribution in [2.24, 2.45) is 5.41 Å². The Morgan fingerprint density at radius 1 is 1.36 bits per heavy atom. The first kappa shape index (κ1) is 9.62. The molecule has 0 bridgehead atoms. The van der Waals surface area contributed by atoms with Crippen LogP contribution in [-0.4, -0.2) is 24.9 Å². The number of hydrogen-bond donors (Lipinski definition) is 1. The summed E-state index contributed by atoms with van der Waals surface area (Å²) in [6.45, 7) is 1.11. The molecule has 1 saturated heterocycles. The van der Waals surface area contributed by atoms with Crippen molar-refractivity contribution in [1.29, 1.82) is 0 Å². The van der Waals surface area contributed by atoms with E-state index in [1.54, 1.807) is 12.1 Å². The van der Waals surface area contributed by atoms with Crippen LogP contribution in [0.2, 0.25) is 0 Å². The van der Waals surface area contributed by atoms with Gasteiger partial charge in [-0.2, -0.15) is 0 Å². The minimum absolute atomic E-state index is 0.0569. The molecule has 0 spiro atoms. The third kappa shape index (κ3) is 1.65. The van der Waals surface area contributed by atoms with Gasteiger partial charge in [0.05, 0.1) is 19.8 Å². The van der Waals surface area contributed by atoms with Gasteiger partial charge >= 0.3 is 0 Å². The summed E-state index contributed by atoms with van der Waals surface area (Å²) >= 11 is 0. The van der Waals surface area contributed by atoms with E-state index in [-0.39, 0.29) is 17.8 Å². The zero-order chi connectivity index (χ0) is 10.0. The maximum absolute atomic E-state index is 13.3. The maximum atomic E-state index is 13.3. The Bertz CT molecular complexity index is 315. The molecule has 1 N–H and O–H groups in total. The van der Waals surface area contributed by atoms with Crippen molar-refractivity contribution in [2.75, 3.05) is 19.8 Å². The van der Waals surface area contributed by atoms with Gasteiger partial charge in [0.25, 0.3) is 0 Å². The van der Waals surface area contributed by atoms with E-state index in [2.05, 4.69) is 0 Å². The Labute approximate surface area is 82.3 Å². The average molecular weight is 196 g/mol. The summed E-state index contributed by atoms with van der Waals surface area (Å²) in [6.07, 6.45) is 0.552. The van der Waals surface area contributed by atoms with Crippen LogP contribution in [0, 0.1) is 11.2 Å². The van der Waals surface area contributed by atoms with Gasteiger partial charge in [-0.15, -0.1) is 0 Å². The number of aliphatic hydroxyl groups excluding tert-OH is 1.